The fraction of sp³-hybridized carbons (Fsp3) is 0.549. The topological polar surface area (TPSA) is 29.2 Å². The molecule has 0 fully saturated rings. The van der Waals surface area contributed by atoms with E-state index in [9.17, 15) is 0 Å². The van der Waals surface area contributed by atoms with Crippen molar-refractivity contribution in [2.75, 3.05) is 171 Å². The van der Waals surface area contributed by atoms with E-state index in [1.807, 2.05) is 0 Å². The van der Waals surface area contributed by atoms with Gasteiger partial charge in [-0.2, -0.15) is 22.3 Å². The Hall–Kier alpha value is -2.99. The maximum atomic E-state index is 2.44. The number of hydrogen-bond acceptors (Lipinski definition) is 9. The molecule has 0 aliphatic rings. The van der Waals surface area contributed by atoms with Gasteiger partial charge in [0, 0.05) is 127 Å². The monoisotopic (exact) mass is 1000 g/mol. The van der Waals surface area contributed by atoms with Crippen molar-refractivity contribution < 1.29 is 58.9 Å². The number of anilines is 9. The number of halogens is 3. The molecule has 0 heterocycles. The summed E-state index contributed by atoms with van der Waals surface area (Å²) < 4.78 is 0. The summed E-state index contributed by atoms with van der Waals surface area (Å²) in [5.41, 5.74) is 25.1. The van der Waals surface area contributed by atoms with Gasteiger partial charge < -0.3 is 81.3 Å². The molecule has 0 aromatic heterocycles. The zero-order valence-corrected chi connectivity index (χ0v) is 50.5. The molecular weight excluding hydrogens is 921 g/mol. The SMILES string of the molecule is Cc1c(N(C)C)c(N(C)C)c(N(C)C)c(C)c1[Si](c1c(C)c(N(C)C)c(N(C)C)c(N(C)C)c1C)(c1c(C)c(N(C)C)c(N(C)C)c(N(C)C)c1C)[c-]1c(C)c(C)c(C)c1C.[Cl-].[Cl-].[Cl-].[Ti+4]. The molecule has 4 aromatic carbocycles. The van der Waals surface area contributed by atoms with Crippen molar-refractivity contribution in [2.24, 2.45) is 0 Å². The largest absolute Gasteiger partial charge is 4.00 e. The minimum atomic E-state index is -3.52. The molecule has 0 aliphatic heterocycles. The predicted octanol–water partition coefficient (Wildman–Crippen LogP) is -2.53. The van der Waals surface area contributed by atoms with Gasteiger partial charge in [0.05, 0.1) is 51.2 Å². The van der Waals surface area contributed by atoms with Crippen LogP contribution in [-0.4, -0.2) is 135 Å². The minimum absolute atomic E-state index is 0. The average molecular weight is 1010 g/mol. The van der Waals surface area contributed by atoms with Crippen LogP contribution in [0, 0.1) is 69.2 Å². The predicted molar refractivity (Wildman–Crippen MR) is 282 cm³/mol. The normalized spacial score (nSPS) is 10.9. The molecule has 0 saturated heterocycles. The van der Waals surface area contributed by atoms with Crippen LogP contribution in [0.5, 0.6) is 0 Å². The Kier molecular flexibility index (Phi) is 21.4. The first-order valence-corrected chi connectivity index (χ1v) is 23.8. The van der Waals surface area contributed by atoms with Crippen molar-refractivity contribution in [1.29, 1.82) is 0 Å². The van der Waals surface area contributed by atoms with Crippen molar-refractivity contribution in [2.45, 2.75) is 69.2 Å². The van der Waals surface area contributed by atoms with Crippen molar-refractivity contribution >= 4 is 80.0 Å². The Morgan fingerprint density at radius 1 is 0.246 bits per heavy atom. The summed E-state index contributed by atoms with van der Waals surface area (Å²) in [7, 11) is 36.5. The van der Waals surface area contributed by atoms with Gasteiger partial charge in [-0.3, -0.25) is 0 Å². The third-order valence-corrected chi connectivity index (χ3v) is 19.7. The summed E-state index contributed by atoms with van der Waals surface area (Å²) in [5, 5.41) is 5.98. The summed E-state index contributed by atoms with van der Waals surface area (Å²) in [5.74, 6) is 0. The smallest absolute Gasteiger partial charge is 1.00 e. The van der Waals surface area contributed by atoms with Crippen molar-refractivity contribution in [3.63, 3.8) is 0 Å². The van der Waals surface area contributed by atoms with Gasteiger partial charge in [0.2, 0.25) is 0 Å². The fourth-order valence-corrected chi connectivity index (χ4v) is 18.8. The van der Waals surface area contributed by atoms with Gasteiger partial charge in [-0.25, -0.2) is 0 Å². The number of hydrogen-bond donors (Lipinski definition) is 0. The van der Waals surface area contributed by atoms with Crippen molar-refractivity contribution in [1.82, 2.24) is 0 Å². The van der Waals surface area contributed by atoms with Crippen molar-refractivity contribution in [3.8, 4) is 0 Å². The van der Waals surface area contributed by atoms with E-state index in [0.717, 1.165) is 0 Å². The first kappa shape index (κ1) is 62.0. The molecule has 0 bridgehead atoms. The number of nitrogens with zero attached hydrogens (tertiary/aromatic N) is 9. The molecule has 65 heavy (non-hydrogen) atoms. The van der Waals surface area contributed by atoms with Gasteiger partial charge in [-0.05, 0) is 90.5 Å². The van der Waals surface area contributed by atoms with Crippen LogP contribution in [-0.2, 0) is 21.7 Å². The molecular formula is C51H84Cl3N9SiTi. The Labute approximate surface area is 431 Å². The first-order chi connectivity index (χ1) is 28.0. The summed E-state index contributed by atoms with van der Waals surface area (Å²) in [4.78, 5) is 21.2. The van der Waals surface area contributed by atoms with Gasteiger partial charge >= 0.3 is 21.7 Å². The van der Waals surface area contributed by atoms with Crippen LogP contribution in [0.1, 0.15) is 55.6 Å². The molecule has 0 atom stereocenters. The van der Waals surface area contributed by atoms with Crippen LogP contribution >= 0.6 is 0 Å². The molecule has 4 aromatic rings. The summed E-state index contributed by atoms with van der Waals surface area (Å²) in [6.07, 6.45) is 0. The fourth-order valence-electron chi connectivity index (χ4n) is 11.7. The minimum Gasteiger partial charge on any atom is -1.00 e. The molecule has 14 heteroatoms. The van der Waals surface area contributed by atoms with Crippen LogP contribution in [0.4, 0.5) is 51.2 Å². The maximum absolute atomic E-state index is 3.52. The molecule has 9 nitrogen and oxygen atoms in total. The van der Waals surface area contributed by atoms with E-state index < -0.39 is 8.07 Å². The quantitative estimate of drug-likeness (QED) is 0.0820. The van der Waals surface area contributed by atoms with Gasteiger partial charge in [0.15, 0.2) is 0 Å². The van der Waals surface area contributed by atoms with E-state index in [0.29, 0.717) is 0 Å². The summed E-state index contributed by atoms with van der Waals surface area (Å²) >= 11 is 0. The third-order valence-electron chi connectivity index (χ3n) is 13.7. The third kappa shape index (κ3) is 9.57. The molecule has 0 spiro atoms. The van der Waals surface area contributed by atoms with E-state index in [4.69, 9.17) is 0 Å². The molecule has 0 N–H and O–H groups in total. The summed E-state index contributed by atoms with van der Waals surface area (Å²) in [6, 6.07) is 0. The van der Waals surface area contributed by atoms with Gasteiger partial charge in [0.25, 0.3) is 0 Å². The average Bonchev–Trinajstić information content (AvgIpc) is 3.30. The van der Waals surface area contributed by atoms with Crippen LogP contribution in [0.3, 0.4) is 0 Å². The van der Waals surface area contributed by atoms with E-state index in [2.05, 4.69) is 240 Å². The number of benzene rings is 3. The van der Waals surface area contributed by atoms with Crippen LogP contribution < -0.4 is 102 Å². The molecule has 4 rings (SSSR count). The first-order valence-electron chi connectivity index (χ1n) is 21.8. The molecule has 0 amide bonds. The molecule has 0 unspecified atom stereocenters. The van der Waals surface area contributed by atoms with Gasteiger partial charge in [0.1, 0.15) is 8.07 Å². The van der Waals surface area contributed by atoms with Crippen LogP contribution in [0.2, 0.25) is 0 Å². The van der Waals surface area contributed by atoms with Crippen LogP contribution in [0.25, 0.3) is 0 Å². The standard InChI is InChI=1S/C51H84N9Si.3ClH.Ti/c1-29-30(2)32(4)48(31(29)3)61(49-33(5)39(52(11)12)45(58(23)24)40(34(49)6)53(13)14,50-35(7)41(54(15)16)46(59(25)26)42(36(50)8)55(17)18)51-37(9)43(56(19)20)47(60(27)28)44(38(51)10)57(21)22;;;;/h1-28H3;3*1H;/q-1;;;;+4/p-3. The van der Waals surface area contributed by atoms with E-state index in [1.165, 1.54) is 128 Å². The Balaban J connectivity index is 0.0000102. The van der Waals surface area contributed by atoms with E-state index >= 15 is 0 Å². The van der Waals surface area contributed by atoms with E-state index in [-0.39, 0.29) is 58.9 Å². The van der Waals surface area contributed by atoms with Gasteiger partial charge in [-0.1, -0.05) is 27.7 Å². The van der Waals surface area contributed by atoms with Crippen LogP contribution in [0.15, 0.2) is 0 Å². The Morgan fingerprint density at radius 2 is 0.385 bits per heavy atom. The Bertz CT molecular complexity index is 2000. The van der Waals surface area contributed by atoms with E-state index in [1.54, 1.807) is 0 Å². The molecule has 0 saturated carbocycles. The van der Waals surface area contributed by atoms with Gasteiger partial charge in [-0.15, -0.1) is 5.19 Å². The molecule has 362 valence electrons. The zero-order chi connectivity index (χ0) is 47.0. The second-order valence-corrected chi connectivity index (χ2v) is 23.2. The number of rotatable bonds is 13. The second kappa shape index (κ2) is 22.4. The second-order valence-electron chi connectivity index (χ2n) is 19.7. The Morgan fingerprint density at radius 3 is 0.508 bits per heavy atom. The maximum Gasteiger partial charge on any atom is 4.00 e. The van der Waals surface area contributed by atoms with Crippen molar-refractivity contribution in [3.05, 3.63) is 55.6 Å². The summed E-state index contributed by atoms with van der Waals surface area (Å²) in [6.45, 7) is 24.2. The molecule has 0 aliphatic carbocycles. The molecule has 0 radical (unpaired) electrons. The zero-order valence-electron chi connectivity index (χ0n) is 45.7.